The molecule has 0 saturated heterocycles. The Hall–Kier alpha value is -1.67. The summed E-state index contributed by atoms with van der Waals surface area (Å²) in [6.45, 7) is 6.36. The predicted octanol–water partition coefficient (Wildman–Crippen LogP) is 3.13. The van der Waals surface area contributed by atoms with Crippen molar-refractivity contribution in [2.45, 2.75) is 13.8 Å². The second-order valence-electron chi connectivity index (χ2n) is 3.37. The van der Waals surface area contributed by atoms with Crippen molar-refractivity contribution in [3.63, 3.8) is 0 Å². The zero-order valence-corrected chi connectivity index (χ0v) is 9.22. The minimum atomic E-state index is 0.512. The molecule has 0 spiro atoms. The van der Waals surface area contributed by atoms with E-state index in [1.165, 1.54) is 11.3 Å². The van der Waals surface area contributed by atoms with Crippen LogP contribution in [0.3, 0.4) is 0 Å². The van der Waals surface area contributed by atoms with Crippen molar-refractivity contribution in [3.8, 4) is 0 Å². The topological polar surface area (TPSA) is 52.0 Å². The van der Waals surface area contributed by atoms with Crippen LogP contribution in [0.25, 0.3) is 10.4 Å². The second-order valence-corrected chi connectivity index (χ2v) is 3.37. The van der Waals surface area contributed by atoms with Gasteiger partial charge in [-0.05, 0) is 31.5 Å². The monoisotopic (exact) mass is 204 g/mol. The van der Waals surface area contributed by atoms with E-state index in [1.807, 2.05) is 0 Å². The van der Waals surface area contributed by atoms with Crippen LogP contribution in [0.1, 0.15) is 12.5 Å². The molecule has 0 unspecified atom stereocenters. The van der Waals surface area contributed by atoms with Crippen molar-refractivity contribution >= 4 is 5.69 Å². The number of aryl methyl sites for hydroxylation is 1. The van der Waals surface area contributed by atoms with Gasteiger partial charge in [-0.15, -0.1) is 0 Å². The van der Waals surface area contributed by atoms with Crippen LogP contribution in [0.5, 0.6) is 0 Å². The zero-order valence-electron chi connectivity index (χ0n) is 9.22. The number of likely N-dealkylation sites (N-methyl/N-ethyl adjacent to an activating group) is 1. The van der Waals surface area contributed by atoms with Gasteiger partial charge in [0.1, 0.15) is 0 Å². The van der Waals surface area contributed by atoms with Gasteiger partial charge in [-0.1, -0.05) is 22.8 Å². The molecule has 1 aromatic carbocycles. The minimum absolute atomic E-state index is 0.512. The highest BCUT2D eigenvalue weighted by atomic mass is 15.2. The Morgan fingerprint density at radius 1 is 1.33 bits per heavy atom. The molecular weight excluding hydrogens is 188 g/mol. The van der Waals surface area contributed by atoms with E-state index >= 15 is 0 Å². The summed E-state index contributed by atoms with van der Waals surface area (Å²) in [4.78, 5) is 4.94. The van der Waals surface area contributed by atoms with Gasteiger partial charge in [0.2, 0.25) is 0 Å². The van der Waals surface area contributed by atoms with Crippen LogP contribution in [0.4, 0.5) is 5.69 Å². The van der Waals surface area contributed by atoms with E-state index in [2.05, 4.69) is 53.0 Å². The van der Waals surface area contributed by atoms with Crippen molar-refractivity contribution in [2.24, 2.45) is 5.11 Å². The van der Waals surface area contributed by atoms with E-state index < -0.39 is 0 Å². The maximum absolute atomic E-state index is 8.20. The second kappa shape index (κ2) is 5.94. The van der Waals surface area contributed by atoms with Crippen molar-refractivity contribution in [1.29, 1.82) is 0 Å². The molecule has 0 bridgehead atoms. The van der Waals surface area contributed by atoms with E-state index in [0.29, 0.717) is 6.54 Å². The molecule has 80 valence electrons. The van der Waals surface area contributed by atoms with Crippen LogP contribution in [-0.4, -0.2) is 19.6 Å². The SMILES string of the molecule is CCN(CCN=[N+]=[N-])c1ccc(C)cc1. The molecule has 4 heteroatoms. The molecule has 0 N–H and O–H groups in total. The highest BCUT2D eigenvalue weighted by molar-refractivity contribution is 5.47. The zero-order chi connectivity index (χ0) is 11.1. The molecule has 0 radical (unpaired) electrons. The van der Waals surface area contributed by atoms with Gasteiger partial charge in [-0.3, -0.25) is 0 Å². The summed E-state index contributed by atoms with van der Waals surface area (Å²) in [5.74, 6) is 0. The molecule has 4 nitrogen and oxygen atoms in total. The third-order valence-corrected chi connectivity index (χ3v) is 2.31. The Morgan fingerprint density at radius 2 is 2.00 bits per heavy atom. The smallest absolute Gasteiger partial charge is 0.0434 e. The molecule has 0 heterocycles. The predicted molar refractivity (Wildman–Crippen MR) is 63.1 cm³/mol. The lowest BCUT2D eigenvalue weighted by molar-refractivity contribution is 0.813. The lowest BCUT2D eigenvalue weighted by atomic mass is 10.2. The van der Waals surface area contributed by atoms with Crippen LogP contribution in [0.2, 0.25) is 0 Å². The van der Waals surface area contributed by atoms with Crippen LogP contribution in [-0.2, 0) is 0 Å². The van der Waals surface area contributed by atoms with E-state index in [4.69, 9.17) is 5.53 Å². The van der Waals surface area contributed by atoms with Gasteiger partial charge in [-0.25, -0.2) is 0 Å². The number of rotatable bonds is 5. The third-order valence-electron chi connectivity index (χ3n) is 2.31. The average Bonchev–Trinajstić information content (AvgIpc) is 2.26. The van der Waals surface area contributed by atoms with Crippen LogP contribution >= 0.6 is 0 Å². The van der Waals surface area contributed by atoms with Gasteiger partial charge in [0, 0.05) is 30.2 Å². The Kier molecular flexibility index (Phi) is 4.51. The first kappa shape index (κ1) is 11.4. The lowest BCUT2D eigenvalue weighted by Crippen LogP contribution is -2.25. The molecular formula is C11H16N4. The normalized spacial score (nSPS) is 9.47. The molecule has 1 aromatic rings. The summed E-state index contributed by atoms with van der Waals surface area (Å²) in [5.41, 5.74) is 10.6. The number of azide groups is 1. The van der Waals surface area contributed by atoms with Crippen molar-refractivity contribution in [2.75, 3.05) is 24.5 Å². The minimum Gasteiger partial charge on any atom is -0.372 e. The summed E-state index contributed by atoms with van der Waals surface area (Å²) < 4.78 is 0. The van der Waals surface area contributed by atoms with E-state index in [1.54, 1.807) is 0 Å². The fraction of sp³-hybridized carbons (Fsp3) is 0.455. The molecule has 0 aliphatic heterocycles. The van der Waals surface area contributed by atoms with Crippen molar-refractivity contribution < 1.29 is 0 Å². The van der Waals surface area contributed by atoms with Crippen molar-refractivity contribution in [1.82, 2.24) is 0 Å². The summed E-state index contributed by atoms with van der Waals surface area (Å²) in [6, 6.07) is 8.36. The molecule has 0 aromatic heterocycles. The maximum atomic E-state index is 8.20. The first-order valence-electron chi connectivity index (χ1n) is 5.10. The van der Waals surface area contributed by atoms with E-state index in [9.17, 15) is 0 Å². The highest BCUT2D eigenvalue weighted by Crippen LogP contribution is 2.14. The molecule has 0 amide bonds. The number of hydrogen-bond acceptors (Lipinski definition) is 2. The molecule has 0 saturated carbocycles. The summed E-state index contributed by atoms with van der Waals surface area (Å²) in [5, 5.41) is 3.54. The quantitative estimate of drug-likeness (QED) is 0.413. The fourth-order valence-electron chi connectivity index (χ4n) is 1.44. The van der Waals surface area contributed by atoms with E-state index in [-0.39, 0.29) is 0 Å². The lowest BCUT2D eigenvalue weighted by Gasteiger charge is -2.22. The Labute approximate surface area is 90.1 Å². The number of benzene rings is 1. The summed E-state index contributed by atoms with van der Waals surface area (Å²) in [7, 11) is 0. The molecule has 0 atom stereocenters. The van der Waals surface area contributed by atoms with Crippen LogP contribution < -0.4 is 4.90 Å². The highest BCUT2D eigenvalue weighted by Gasteiger charge is 2.01. The average molecular weight is 204 g/mol. The van der Waals surface area contributed by atoms with Gasteiger partial charge in [0.15, 0.2) is 0 Å². The van der Waals surface area contributed by atoms with Gasteiger partial charge in [-0.2, -0.15) is 0 Å². The Bertz CT molecular complexity index is 338. The molecule has 0 fully saturated rings. The van der Waals surface area contributed by atoms with Crippen LogP contribution in [0, 0.1) is 6.92 Å². The summed E-state index contributed by atoms with van der Waals surface area (Å²) in [6.07, 6.45) is 0. The largest absolute Gasteiger partial charge is 0.372 e. The fourth-order valence-corrected chi connectivity index (χ4v) is 1.44. The van der Waals surface area contributed by atoms with Gasteiger partial charge < -0.3 is 4.90 Å². The Morgan fingerprint density at radius 3 is 2.53 bits per heavy atom. The molecule has 0 aliphatic carbocycles. The maximum Gasteiger partial charge on any atom is 0.0434 e. The standard InChI is InChI=1S/C11H16N4/c1-3-15(9-8-13-14-12)11-6-4-10(2)5-7-11/h4-7H,3,8-9H2,1-2H3. The molecule has 15 heavy (non-hydrogen) atoms. The number of nitrogens with zero attached hydrogens (tertiary/aromatic N) is 4. The first-order chi connectivity index (χ1) is 7.27. The number of hydrogen-bond donors (Lipinski definition) is 0. The molecule has 1 rings (SSSR count). The first-order valence-corrected chi connectivity index (χ1v) is 5.10. The van der Waals surface area contributed by atoms with E-state index in [0.717, 1.165) is 13.1 Å². The van der Waals surface area contributed by atoms with Gasteiger partial charge in [0.05, 0.1) is 0 Å². The summed E-state index contributed by atoms with van der Waals surface area (Å²) >= 11 is 0. The molecule has 0 aliphatic rings. The Balaban J connectivity index is 2.65. The third kappa shape index (κ3) is 3.52. The number of anilines is 1. The van der Waals surface area contributed by atoms with Crippen LogP contribution in [0.15, 0.2) is 29.4 Å². The van der Waals surface area contributed by atoms with Gasteiger partial charge >= 0.3 is 0 Å². The van der Waals surface area contributed by atoms with Gasteiger partial charge in [0.25, 0.3) is 0 Å². The van der Waals surface area contributed by atoms with Crippen molar-refractivity contribution in [3.05, 3.63) is 40.3 Å².